The molecule has 0 aliphatic carbocycles. The molecule has 4 aromatic rings. The van der Waals surface area contributed by atoms with E-state index in [4.69, 9.17) is 0 Å². The largest absolute Gasteiger partial charge is 2.00 e. The molecule has 0 unspecified atom stereocenters. The van der Waals surface area contributed by atoms with E-state index < -0.39 is 0 Å². The number of rotatable bonds is 2. The minimum atomic E-state index is 0. The molecule has 0 saturated heterocycles. The molecule has 0 aliphatic heterocycles. The molecule has 0 saturated carbocycles. The van der Waals surface area contributed by atoms with Gasteiger partial charge >= 0.3 is 26.2 Å². The van der Waals surface area contributed by atoms with Gasteiger partial charge in [-0.15, -0.1) is 23.3 Å². The maximum Gasteiger partial charge on any atom is 2.00 e. The molecule has 0 radical (unpaired) electrons. The summed E-state index contributed by atoms with van der Waals surface area (Å²) in [7, 11) is 0. The predicted octanol–water partition coefficient (Wildman–Crippen LogP) is 6.14. The van der Waals surface area contributed by atoms with Gasteiger partial charge in [0.1, 0.15) is 0 Å². The molecule has 0 aliphatic rings. The fraction of sp³-hybridized carbons (Fsp3) is 0. The molecule has 0 fully saturated rings. The van der Waals surface area contributed by atoms with Gasteiger partial charge in [0.25, 0.3) is 0 Å². The van der Waals surface area contributed by atoms with E-state index in [1.165, 1.54) is 22.3 Å². The van der Waals surface area contributed by atoms with Crippen LogP contribution in [-0.2, 0) is 26.2 Å². The van der Waals surface area contributed by atoms with Crippen LogP contribution in [0.15, 0.2) is 109 Å². The van der Waals surface area contributed by atoms with Crippen LogP contribution in [0.25, 0.3) is 22.3 Å². The zero-order chi connectivity index (χ0) is 15.0. The van der Waals surface area contributed by atoms with Gasteiger partial charge in [-0.3, -0.25) is 0 Å². The average molecular weight is 374 g/mol. The summed E-state index contributed by atoms with van der Waals surface area (Å²) < 4.78 is 0. The fourth-order valence-electron chi connectivity index (χ4n) is 2.39. The zero-order valence-corrected chi connectivity index (χ0v) is 15.4. The van der Waals surface area contributed by atoms with E-state index in [9.17, 15) is 0 Å². The standard InChI is InChI=1S/2C11H9.Zr/c2*1-2-6-10(7-3-1)11-8-4-5-9-11;/h2*1-9H;/q2*-1;+2. The van der Waals surface area contributed by atoms with Crippen LogP contribution in [0.2, 0.25) is 0 Å². The Morgan fingerprint density at radius 2 is 0.826 bits per heavy atom. The van der Waals surface area contributed by atoms with Crippen molar-refractivity contribution in [2.24, 2.45) is 0 Å². The van der Waals surface area contributed by atoms with Crippen molar-refractivity contribution in [2.45, 2.75) is 0 Å². The second kappa shape index (κ2) is 9.23. The van der Waals surface area contributed by atoms with Gasteiger partial charge in [-0.2, -0.15) is 47.5 Å². The molecule has 110 valence electrons. The van der Waals surface area contributed by atoms with Crippen molar-refractivity contribution in [2.75, 3.05) is 0 Å². The molecule has 0 N–H and O–H groups in total. The van der Waals surface area contributed by atoms with Crippen LogP contribution < -0.4 is 0 Å². The predicted molar refractivity (Wildman–Crippen MR) is 94.9 cm³/mol. The van der Waals surface area contributed by atoms with Gasteiger partial charge in [0.15, 0.2) is 0 Å². The van der Waals surface area contributed by atoms with Crippen molar-refractivity contribution in [3.63, 3.8) is 0 Å². The zero-order valence-electron chi connectivity index (χ0n) is 12.9. The third-order valence-corrected chi connectivity index (χ3v) is 3.54. The van der Waals surface area contributed by atoms with E-state index in [0.717, 1.165) is 0 Å². The van der Waals surface area contributed by atoms with Crippen LogP contribution in [0.3, 0.4) is 0 Å². The molecular weight excluding hydrogens is 355 g/mol. The summed E-state index contributed by atoms with van der Waals surface area (Å²) in [6.07, 6.45) is 0. The molecule has 4 aromatic carbocycles. The van der Waals surface area contributed by atoms with Gasteiger partial charge in [0.05, 0.1) is 0 Å². The first-order valence-corrected chi connectivity index (χ1v) is 7.48. The van der Waals surface area contributed by atoms with Crippen LogP contribution in [-0.4, -0.2) is 0 Å². The van der Waals surface area contributed by atoms with Crippen LogP contribution in [0.4, 0.5) is 0 Å². The van der Waals surface area contributed by atoms with Gasteiger partial charge in [0.2, 0.25) is 0 Å². The molecule has 0 amide bonds. The Bertz CT molecular complexity index is 682. The van der Waals surface area contributed by atoms with Crippen molar-refractivity contribution in [3.05, 3.63) is 109 Å². The third kappa shape index (κ3) is 5.01. The first-order valence-electron chi connectivity index (χ1n) is 7.48. The molecular formula is C22H18Zr. The molecule has 0 aromatic heterocycles. The molecule has 0 nitrogen and oxygen atoms in total. The van der Waals surface area contributed by atoms with Crippen molar-refractivity contribution < 1.29 is 26.2 Å². The number of hydrogen-bond acceptors (Lipinski definition) is 0. The summed E-state index contributed by atoms with van der Waals surface area (Å²) in [5, 5.41) is 0. The SMILES string of the molecule is [Zr+2].c1ccc(-c2ccc[cH-]2)cc1.c1ccc(-c2ccc[cH-]2)cc1. The van der Waals surface area contributed by atoms with Crippen LogP contribution in [0, 0.1) is 0 Å². The Labute approximate surface area is 157 Å². The monoisotopic (exact) mass is 372 g/mol. The van der Waals surface area contributed by atoms with Crippen LogP contribution in [0.5, 0.6) is 0 Å². The molecule has 0 atom stereocenters. The van der Waals surface area contributed by atoms with Crippen molar-refractivity contribution in [1.29, 1.82) is 0 Å². The van der Waals surface area contributed by atoms with Crippen molar-refractivity contribution >= 4 is 0 Å². The molecule has 0 spiro atoms. The summed E-state index contributed by atoms with van der Waals surface area (Å²) in [6.45, 7) is 0. The molecule has 0 heterocycles. The van der Waals surface area contributed by atoms with E-state index >= 15 is 0 Å². The molecule has 4 rings (SSSR count). The maximum absolute atomic E-state index is 2.12. The smallest absolute Gasteiger partial charge is 0.176 e. The fourth-order valence-corrected chi connectivity index (χ4v) is 2.39. The van der Waals surface area contributed by atoms with Gasteiger partial charge in [-0.25, -0.2) is 0 Å². The van der Waals surface area contributed by atoms with E-state index in [2.05, 4.69) is 97.1 Å². The maximum atomic E-state index is 2.12. The normalized spacial score (nSPS) is 9.39. The van der Waals surface area contributed by atoms with Crippen molar-refractivity contribution in [3.8, 4) is 22.3 Å². The van der Waals surface area contributed by atoms with E-state index in [0.29, 0.717) is 0 Å². The second-order valence-corrected chi connectivity index (χ2v) is 5.08. The second-order valence-electron chi connectivity index (χ2n) is 5.08. The van der Waals surface area contributed by atoms with Crippen LogP contribution in [0.1, 0.15) is 0 Å². The summed E-state index contributed by atoms with van der Waals surface area (Å²) in [5.41, 5.74) is 5.17. The minimum Gasteiger partial charge on any atom is -0.176 e. The Morgan fingerprint density at radius 1 is 0.435 bits per heavy atom. The summed E-state index contributed by atoms with van der Waals surface area (Å²) in [6, 6.07) is 37.5. The minimum absolute atomic E-state index is 0. The summed E-state index contributed by atoms with van der Waals surface area (Å²) in [5.74, 6) is 0. The molecule has 0 bridgehead atoms. The van der Waals surface area contributed by atoms with Gasteiger partial charge < -0.3 is 0 Å². The Hall–Kier alpha value is -1.98. The van der Waals surface area contributed by atoms with Gasteiger partial charge in [-0.05, 0) is 0 Å². The van der Waals surface area contributed by atoms with E-state index in [1.807, 2.05) is 12.1 Å². The first-order chi connectivity index (χ1) is 10.9. The Morgan fingerprint density at radius 3 is 1.13 bits per heavy atom. The van der Waals surface area contributed by atoms with Gasteiger partial charge in [0, 0.05) is 0 Å². The van der Waals surface area contributed by atoms with E-state index in [-0.39, 0.29) is 26.2 Å². The summed E-state index contributed by atoms with van der Waals surface area (Å²) >= 11 is 0. The van der Waals surface area contributed by atoms with Crippen molar-refractivity contribution in [1.82, 2.24) is 0 Å². The van der Waals surface area contributed by atoms with E-state index in [1.54, 1.807) is 0 Å². The topological polar surface area (TPSA) is 0 Å². The van der Waals surface area contributed by atoms with Gasteiger partial charge in [-0.1, -0.05) is 60.7 Å². The first kappa shape index (κ1) is 17.4. The van der Waals surface area contributed by atoms with Crippen LogP contribution >= 0.6 is 0 Å². The Kier molecular flexibility index (Phi) is 6.97. The number of benzene rings is 2. The average Bonchev–Trinajstić information content (AvgIpc) is 3.31. The molecule has 23 heavy (non-hydrogen) atoms. The quantitative estimate of drug-likeness (QED) is 0.370. The molecule has 1 heteroatoms. The Balaban J connectivity index is 0.000000160. The summed E-state index contributed by atoms with van der Waals surface area (Å²) in [4.78, 5) is 0. The third-order valence-electron chi connectivity index (χ3n) is 3.54. The number of hydrogen-bond donors (Lipinski definition) is 0.